The van der Waals surface area contributed by atoms with Gasteiger partial charge in [0, 0.05) is 13.2 Å². The molecule has 0 aliphatic heterocycles. The standard InChI is InChI=1S/C12H19F3N4O/c1-11(2,3-4-20)7-17-9-5-8(12(13,14)15)6-10(18-9)19-16/h5-6,20H,3-4,7,16H2,1-2H3,(H2,17,18,19). The lowest BCUT2D eigenvalue weighted by atomic mass is 9.90. The Bertz CT molecular complexity index is 449. The van der Waals surface area contributed by atoms with Gasteiger partial charge < -0.3 is 15.8 Å². The van der Waals surface area contributed by atoms with Crippen molar-refractivity contribution in [2.75, 3.05) is 23.9 Å². The molecule has 0 atom stereocenters. The molecule has 114 valence electrons. The summed E-state index contributed by atoms with van der Waals surface area (Å²) < 4.78 is 38.2. The van der Waals surface area contributed by atoms with Crippen molar-refractivity contribution >= 4 is 11.6 Å². The second-order valence-corrected chi connectivity index (χ2v) is 5.26. The smallest absolute Gasteiger partial charge is 0.396 e. The van der Waals surface area contributed by atoms with Crippen LogP contribution >= 0.6 is 0 Å². The maximum absolute atomic E-state index is 12.7. The third-order valence-corrected chi connectivity index (χ3v) is 2.84. The highest BCUT2D eigenvalue weighted by Crippen LogP contribution is 2.32. The third kappa shape index (κ3) is 4.86. The van der Waals surface area contributed by atoms with Crippen LogP contribution in [0.4, 0.5) is 24.8 Å². The zero-order chi connectivity index (χ0) is 15.4. The molecule has 0 bridgehead atoms. The van der Waals surface area contributed by atoms with Gasteiger partial charge in [-0.15, -0.1) is 0 Å². The lowest BCUT2D eigenvalue weighted by Crippen LogP contribution is -2.25. The Labute approximate surface area is 115 Å². The number of halogens is 3. The summed E-state index contributed by atoms with van der Waals surface area (Å²) in [5.41, 5.74) is 1.02. The maximum atomic E-state index is 12.7. The molecule has 0 amide bonds. The highest BCUT2D eigenvalue weighted by Gasteiger charge is 2.31. The summed E-state index contributed by atoms with van der Waals surface area (Å²) in [7, 11) is 0. The van der Waals surface area contributed by atoms with Crippen molar-refractivity contribution in [1.29, 1.82) is 0 Å². The Hall–Kier alpha value is -1.54. The van der Waals surface area contributed by atoms with E-state index in [1.807, 2.05) is 13.8 Å². The van der Waals surface area contributed by atoms with Crippen LogP contribution in [0.3, 0.4) is 0 Å². The first kappa shape index (κ1) is 16.5. The Morgan fingerprint density at radius 1 is 1.25 bits per heavy atom. The quantitative estimate of drug-likeness (QED) is 0.477. The van der Waals surface area contributed by atoms with E-state index in [1.165, 1.54) is 0 Å². The van der Waals surface area contributed by atoms with Crippen LogP contribution in [0.1, 0.15) is 25.8 Å². The van der Waals surface area contributed by atoms with Gasteiger partial charge in [0.25, 0.3) is 0 Å². The number of hydrogen-bond acceptors (Lipinski definition) is 5. The number of nitrogens with zero attached hydrogens (tertiary/aromatic N) is 1. The molecule has 0 aliphatic rings. The highest BCUT2D eigenvalue weighted by atomic mass is 19.4. The first-order chi connectivity index (χ1) is 9.18. The largest absolute Gasteiger partial charge is 0.416 e. The maximum Gasteiger partial charge on any atom is 0.416 e. The van der Waals surface area contributed by atoms with Crippen molar-refractivity contribution in [2.24, 2.45) is 11.3 Å². The second kappa shape index (κ2) is 6.27. The first-order valence-corrected chi connectivity index (χ1v) is 6.08. The van der Waals surface area contributed by atoms with E-state index in [1.54, 1.807) is 0 Å². The molecule has 8 heteroatoms. The van der Waals surface area contributed by atoms with Crippen LogP contribution in [0.5, 0.6) is 0 Å². The molecule has 1 aromatic rings. The number of aliphatic hydroxyl groups is 1. The summed E-state index contributed by atoms with van der Waals surface area (Å²) in [5, 5.41) is 11.8. The molecule has 5 N–H and O–H groups in total. The van der Waals surface area contributed by atoms with E-state index >= 15 is 0 Å². The average molecular weight is 292 g/mol. The molecule has 0 aromatic carbocycles. The molecule has 0 spiro atoms. The summed E-state index contributed by atoms with van der Waals surface area (Å²) in [6.45, 7) is 4.18. The number of nitrogens with two attached hydrogens (primary N) is 1. The second-order valence-electron chi connectivity index (χ2n) is 5.26. The number of hydrazine groups is 1. The average Bonchev–Trinajstić information content (AvgIpc) is 2.35. The Kier molecular flexibility index (Phi) is 5.18. The molecule has 1 heterocycles. The van der Waals surface area contributed by atoms with E-state index in [0.717, 1.165) is 12.1 Å². The van der Waals surface area contributed by atoms with Crippen molar-refractivity contribution in [3.05, 3.63) is 17.7 Å². The predicted molar refractivity (Wildman–Crippen MR) is 71.0 cm³/mol. The fourth-order valence-electron chi connectivity index (χ4n) is 1.58. The van der Waals surface area contributed by atoms with E-state index in [0.29, 0.717) is 13.0 Å². The summed E-state index contributed by atoms with van der Waals surface area (Å²) >= 11 is 0. The monoisotopic (exact) mass is 292 g/mol. The van der Waals surface area contributed by atoms with Crippen molar-refractivity contribution in [3.8, 4) is 0 Å². The number of rotatable bonds is 6. The lowest BCUT2D eigenvalue weighted by Gasteiger charge is -2.24. The number of aliphatic hydroxyl groups excluding tert-OH is 1. The number of aromatic nitrogens is 1. The Morgan fingerprint density at radius 2 is 1.85 bits per heavy atom. The van der Waals surface area contributed by atoms with E-state index in [9.17, 15) is 13.2 Å². The number of pyridine rings is 1. The summed E-state index contributed by atoms with van der Waals surface area (Å²) in [5.74, 6) is 5.13. The van der Waals surface area contributed by atoms with Crippen molar-refractivity contribution in [1.82, 2.24) is 4.98 Å². The van der Waals surface area contributed by atoms with Gasteiger partial charge in [-0.05, 0) is 24.0 Å². The molecule has 1 aromatic heterocycles. The van der Waals surface area contributed by atoms with Gasteiger partial charge >= 0.3 is 6.18 Å². The van der Waals surface area contributed by atoms with E-state index in [4.69, 9.17) is 10.9 Å². The van der Waals surface area contributed by atoms with Crippen LogP contribution in [0.2, 0.25) is 0 Å². The topological polar surface area (TPSA) is 83.2 Å². The zero-order valence-electron chi connectivity index (χ0n) is 11.4. The van der Waals surface area contributed by atoms with Crippen LogP contribution < -0.4 is 16.6 Å². The van der Waals surface area contributed by atoms with Gasteiger partial charge in [-0.25, -0.2) is 10.8 Å². The molecule has 0 radical (unpaired) electrons. The molecule has 0 unspecified atom stereocenters. The minimum Gasteiger partial charge on any atom is -0.396 e. The molecule has 5 nitrogen and oxygen atoms in total. The van der Waals surface area contributed by atoms with E-state index in [2.05, 4.69) is 15.7 Å². The minimum absolute atomic E-state index is 0.0142. The molecule has 0 aliphatic carbocycles. The molecule has 0 saturated carbocycles. The Morgan fingerprint density at radius 3 is 2.35 bits per heavy atom. The highest BCUT2D eigenvalue weighted by molar-refractivity contribution is 5.49. The predicted octanol–water partition coefficient (Wildman–Crippen LogP) is 2.21. The van der Waals surface area contributed by atoms with Gasteiger partial charge in [-0.1, -0.05) is 13.8 Å². The van der Waals surface area contributed by atoms with Crippen molar-refractivity contribution < 1.29 is 18.3 Å². The van der Waals surface area contributed by atoms with Crippen LogP contribution in [-0.4, -0.2) is 23.2 Å². The van der Waals surface area contributed by atoms with Crippen LogP contribution in [0.15, 0.2) is 12.1 Å². The molecule has 0 saturated heterocycles. The number of alkyl halides is 3. The third-order valence-electron chi connectivity index (χ3n) is 2.84. The molecular weight excluding hydrogens is 273 g/mol. The van der Waals surface area contributed by atoms with Crippen LogP contribution in [0.25, 0.3) is 0 Å². The van der Waals surface area contributed by atoms with E-state index in [-0.39, 0.29) is 23.7 Å². The molecule has 20 heavy (non-hydrogen) atoms. The number of hydrogen-bond donors (Lipinski definition) is 4. The fourth-order valence-corrected chi connectivity index (χ4v) is 1.58. The minimum atomic E-state index is -4.47. The SMILES string of the molecule is CC(C)(CCO)CNc1cc(C(F)(F)F)cc(NN)n1. The number of anilines is 2. The summed E-state index contributed by atoms with van der Waals surface area (Å²) in [6, 6.07) is 1.76. The number of nitrogens with one attached hydrogen (secondary N) is 2. The molecule has 0 fully saturated rings. The van der Waals surface area contributed by atoms with E-state index < -0.39 is 11.7 Å². The Balaban J connectivity index is 2.90. The molecular formula is C12H19F3N4O. The van der Waals surface area contributed by atoms with Gasteiger partial charge in [0.15, 0.2) is 0 Å². The first-order valence-electron chi connectivity index (χ1n) is 6.08. The molecule has 1 rings (SSSR count). The van der Waals surface area contributed by atoms with Crippen molar-refractivity contribution in [3.63, 3.8) is 0 Å². The van der Waals surface area contributed by atoms with Gasteiger partial charge in [-0.2, -0.15) is 13.2 Å². The normalized spacial score (nSPS) is 12.3. The summed E-state index contributed by atoms with van der Waals surface area (Å²) in [6.07, 6.45) is -3.94. The van der Waals surface area contributed by atoms with Crippen LogP contribution in [-0.2, 0) is 6.18 Å². The van der Waals surface area contributed by atoms with Gasteiger partial charge in [0.1, 0.15) is 11.6 Å². The van der Waals surface area contributed by atoms with Gasteiger partial charge in [0.2, 0.25) is 0 Å². The number of nitrogen functional groups attached to an aromatic ring is 1. The summed E-state index contributed by atoms with van der Waals surface area (Å²) in [4.78, 5) is 3.92. The lowest BCUT2D eigenvalue weighted by molar-refractivity contribution is -0.137. The fraction of sp³-hybridized carbons (Fsp3) is 0.583. The van der Waals surface area contributed by atoms with Gasteiger partial charge in [-0.3, -0.25) is 0 Å². The van der Waals surface area contributed by atoms with Gasteiger partial charge in [0.05, 0.1) is 5.56 Å². The van der Waals surface area contributed by atoms with Crippen molar-refractivity contribution in [2.45, 2.75) is 26.4 Å². The zero-order valence-corrected chi connectivity index (χ0v) is 11.4. The van der Waals surface area contributed by atoms with Crippen LogP contribution in [0, 0.1) is 5.41 Å².